The van der Waals surface area contributed by atoms with Crippen molar-refractivity contribution in [2.45, 2.75) is 90.1 Å². The fourth-order valence-electron chi connectivity index (χ4n) is 3.53. The van der Waals surface area contributed by atoms with Crippen molar-refractivity contribution >= 4 is 11.7 Å². The van der Waals surface area contributed by atoms with Gasteiger partial charge in [0.2, 0.25) is 5.91 Å². The topological polar surface area (TPSA) is 80.4 Å². The molecule has 24 heavy (non-hydrogen) atoms. The standard InChI is InChI=1S/C20H35NO3/c1-2-3-6-9-17(22)14-12-16-13-15-19(23)18(16)10-7-4-5-8-11-20(21)24/h12,14,16-18,22H,2-11,13,15H2,1H3,(H2,21,24)/t16-,17-,18+/m0/s1. The van der Waals surface area contributed by atoms with E-state index < -0.39 is 0 Å². The van der Waals surface area contributed by atoms with Crippen LogP contribution in [0.15, 0.2) is 12.2 Å². The summed E-state index contributed by atoms with van der Waals surface area (Å²) in [4.78, 5) is 22.8. The van der Waals surface area contributed by atoms with Crippen molar-refractivity contribution in [2.75, 3.05) is 0 Å². The zero-order chi connectivity index (χ0) is 17.8. The van der Waals surface area contributed by atoms with Crippen LogP contribution in [0.5, 0.6) is 0 Å². The second kappa shape index (κ2) is 12.2. The normalized spacial score (nSPS) is 22.3. The molecule has 4 heteroatoms. The molecule has 0 saturated heterocycles. The van der Waals surface area contributed by atoms with Crippen LogP contribution in [0, 0.1) is 11.8 Å². The molecule has 138 valence electrons. The SMILES string of the molecule is CCCCC[C@H](O)C=C[C@H]1CCC(=O)[C@@H]1CCCCCCC(N)=O. The lowest BCUT2D eigenvalue weighted by atomic mass is 9.89. The predicted octanol–water partition coefficient (Wildman–Crippen LogP) is 3.91. The van der Waals surface area contributed by atoms with Gasteiger partial charge in [0.15, 0.2) is 0 Å². The first-order valence-electron chi connectivity index (χ1n) is 9.72. The molecule has 0 spiro atoms. The lowest BCUT2D eigenvalue weighted by Gasteiger charge is -2.15. The van der Waals surface area contributed by atoms with E-state index in [4.69, 9.17) is 5.73 Å². The Morgan fingerprint density at radius 3 is 2.71 bits per heavy atom. The quantitative estimate of drug-likeness (QED) is 0.395. The number of hydrogen-bond acceptors (Lipinski definition) is 3. The zero-order valence-corrected chi connectivity index (χ0v) is 15.2. The van der Waals surface area contributed by atoms with Gasteiger partial charge in [0, 0.05) is 18.8 Å². The molecular formula is C20H35NO3. The minimum absolute atomic E-state index is 0.125. The number of carbonyl (C=O) groups excluding carboxylic acids is 2. The van der Waals surface area contributed by atoms with Gasteiger partial charge >= 0.3 is 0 Å². The number of unbranched alkanes of at least 4 members (excludes halogenated alkanes) is 5. The lowest BCUT2D eigenvalue weighted by molar-refractivity contribution is -0.121. The van der Waals surface area contributed by atoms with Gasteiger partial charge in [-0.15, -0.1) is 0 Å². The Bertz CT molecular complexity index is 406. The van der Waals surface area contributed by atoms with Crippen molar-refractivity contribution in [1.82, 2.24) is 0 Å². The van der Waals surface area contributed by atoms with E-state index in [0.29, 0.717) is 24.5 Å². The summed E-state index contributed by atoms with van der Waals surface area (Å²) in [6, 6.07) is 0. The van der Waals surface area contributed by atoms with Gasteiger partial charge in [0.25, 0.3) is 0 Å². The number of Topliss-reactive ketones (excluding diaryl/α,β-unsaturated/α-hetero) is 1. The third kappa shape index (κ3) is 8.62. The van der Waals surface area contributed by atoms with Crippen LogP contribution >= 0.6 is 0 Å². The van der Waals surface area contributed by atoms with E-state index in [1.165, 1.54) is 0 Å². The number of primary amides is 1. The van der Waals surface area contributed by atoms with Crippen molar-refractivity contribution in [1.29, 1.82) is 0 Å². The summed E-state index contributed by atoms with van der Waals surface area (Å²) in [7, 11) is 0. The summed E-state index contributed by atoms with van der Waals surface area (Å²) in [6.07, 6.45) is 14.7. The highest BCUT2D eigenvalue weighted by molar-refractivity contribution is 5.83. The third-order valence-corrected chi connectivity index (χ3v) is 5.03. The number of ketones is 1. The van der Waals surface area contributed by atoms with Gasteiger partial charge in [-0.1, -0.05) is 57.6 Å². The molecule has 0 aromatic heterocycles. The number of aliphatic hydroxyl groups is 1. The number of aliphatic hydroxyl groups excluding tert-OH is 1. The Balaban J connectivity index is 2.28. The van der Waals surface area contributed by atoms with E-state index in [1.807, 2.05) is 6.08 Å². The molecule has 1 fully saturated rings. The molecule has 1 aliphatic carbocycles. The van der Waals surface area contributed by atoms with Gasteiger partial charge in [-0.2, -0.15) is 0 Å². The molecule has 0 bridgehead atoms. The number of rotatable bonds is 13. The average Bonchev–Trinajstić information content (AvgIpc) is 2.89. The van der Waals surface area contributed by atoms with Crippen molar-refractivity contribution < 1.29 is 14.7 Å². The van der Waals surface area contributed by atoms with Crippen LogP contribution < -0.4 is 5.73 Å². The van der Waals surface area contributed by atoms with Crippen LogP contribution in [0.25, 0.3) is 0 Å². The molecule has 0 aromatic rings. The minimum atomic E-state index is -0.373. The van der Waals surface area contributed by atoms with Crippen LogP contribution in [0.4, 0.5) is 0 Å². The monoisotopic (exact) mass is 337 g/mol. The van der Waals surface area contributed by atoms with E-state index in [2.05, 4.69) is 13.0 Å². The Morgan fingerprint density at radius 1 is 1.25 bits per heavy atom. The Labute approximate surface area is 146 Å². The van der Waals surface area contributed by atoms with E-state index in [9.17, 15) is 14.7 Å². The molecule has 1 saturated carbocycles. The first-order valence-corrected chi connectivity index (χ1v) is 9.72. The van der Waals surface area contributed by atoms with Crippen molar-refractivity contribution in [3.8, 4) is 0 Å². The van der Waals surface area contributed by atoms with Crippen LogP contribution in [-0.4, -0.2) is 22.9 Å². The molecule has 4 nitrogen and oxygen atoms in total. The molecule has 0 aliphatic heterocycles. The summed E-state index contributed by atoms with van der Waals surface area (Å²) < 4.78 is 0. The number of nitrogens with two attached hydrogens (primary N) is 1. The Morgan fingerprint density at radius 2 is 2.00 bits per heavy atom. The highest BCUT2D eigenvalue weighted by Gasteiger charge is 2.32. The van der Waals surface area contributed by atoms with Crippen molar-refractivity contribution in [3.63, 3.8) is 0 Å². The first-order chi connectivity index (χ1) is 11.5. The molecule has 0 radical (unpaired) electrons. The fourth-order valence-corrected chi connectivity index (χ4v) is 3.53. The molecule has 1 aliphatic rings. The molecule has 3 N–H and O–H groups in total. The van der Waals surface area contributed by atoms with Crippen molar-refractivity contribution in [2.24, 2.45) is 17.6 Å². The van der Waals surface area contributed by atoms with Crippen LogP contribution in [0.3, 0.4) is 0 Å². The maximum absolute atomic E-state index is 12.1. The maximum Gasteiger partial charge on any atom is 0.217 e. The van der Waals surface area contributed by atoms with Gasteiger partial charge in [-0.3, -0.25) is 9.59 Å². The van der Waals surface area contributed by atoms with E-state index >= 15 is 0 Å². The summed E-state index contributed by atoms with van der Waals surface area (Å²) in [5.41, 5.74) is 5.13. The predicted molar refractivity (Wildman–Crippen MR) is 97.4 cm³/mol. The summed E-state index contributed by atoms with van der Waals surface area (Å²) in [6.45, 7) is 2.16. The van der Waals surface area contributed by atoms with Gasteiger partial charge < -0.3 is 10.8 Å². The van der Waals surface area contributed by atoms with E-state index in [0.717, 1.165) is 64.2 Å². The molecule has 0 heterocycles. The molecular weight excluding hydrogens is 302 g/mol. The van der Waals surface area contributed by atoms with E-state index in [1.54, 1.807) is 0 Å². The van der Waals surface area contributed by atoms with Crippen LogP contribution in [0.1, 0.15) is 84.0 Å². The molecule has 0 aromatic carbocycles. The highest BCUT2D eigenvalue weighted by Crippen LogP contribution is 2.34. The van der Waals surface area contributed by atoms with Crippen molar-refractivity contribution in [3.05, 3.63) is 12.2 Å². The molecule has 1 rings (SSSR count). The molecule has 0 unspecified atom stereocenters. The average molecular weight is 338 g/mol. The van der Waals surface area contributed by atoms with Gasteiger partial charge in [0.05, 0.1) is 6.10 Å². The Hall–Kier alpha value is -1.16. The second-order valence-corrected chi connectivity index (χ2v) is 7.14. The maximum atomic E-state index is 12.1. The van der Waals surface area contributed by atoms with Gasteiger partial charge in [0.1, 0.15) is 5.78 Å². The highest BCUT2D eigenvalue weighted by atomic mass is 16.3. The fraction of sp³-hybridized carbons (Fsp3) is 0.800. The summed E-state index contributed by atoms with van der Waals surface area (Å²) >= 11 is 0. The Kier molecular flexibility index (Phi) is 10.6. The smallest absolute Gasteiger partial charge is 0.217 e. The number of amides is 1. The van der Waals surface area contributed by atoms with Gasteiger partial charge in [-0.05, 0) is 31.6 Å². The number of carbonyl (C=O) groups is 2. The number of allylic oxidation sites excluding steroid dienone is 1. The summed E-state index contributed by atoms with van der Waals surface area (Å²) in [5, 5.41) is 10.00. The lowest BCUT2D eigenvalue weighted by Crippen LogP contribution is -2.14. The van der Waals surface area contributed by atoms with Crippen LogP contribution in [0.2, 0.25) is 0 Å². The largest absolute Gasteiger partial charge is 0.389 e. The zero-order valence-electron chi connectivity index (χ0n) is 15.2. The second-order valence-electron chi connectivity index (χ2n) is 7.14. The minimum Gasteiger partial charge on any atom is -0.389 e. The number of hydrogen-bond donors (Lipinski definition) is 2. The van der Waals surface area contributed by atoms with Gasteiger partial charge in [-0.25, -0.2) is 0 Å². The molecule has 3 atom stereocenters. The van der Waals surface area contributed by atoms with Crippen LogP contribution in [-0.2, 0) is 9.59 Å². The molecule has 1 amide bonds. The third-order valence-electron chi connectivity index (χ3n) is 5.03. The van der Waals surface area contributed by atoms with E-state index in [-0.39, 0.29) is 17.9 Å². The summed E-state index contributed by atoms with van der Waals surface area (Å²) in [5.74, 6) is 0.565. The first kappa shape index (κ1) is 20.9.